The van der Waals surface area contributed by atoms with E-state index in [0.29, 0.717) is 6.79 Å². The fourth-order valence-corrected chi connectivity index (χ4v) is 2.62. The van der Waals surface area contributed by atoms with E-state index in [-0.39, 0.29) is 5.54 Å². The van der Waals surface area contributed by atoms with Crippen molar-refractivity contribution in [3.8, 4) is 11.5 Å². The number of ether oxygens (including phenoxy) is 2. The largest absolute Gasteiger partial charge is 0.454 e. The van der Waals surface area contributed by atoms with Crippen molar-refractivity contribution in [2.75, 3.05) is 12.1 Å². The molecule has 3 nitrogen and oxygen atoms in total. The molecule has 0 spiro atoms. The summed E-state index contributed by atoms with van der Waals surface area (Å²) < 4.78 is 10.8. The molecule has 0 amide bonds. The quantitative estimate of drug-likeness (QED) is 0.907. The molecule has 0 aromatic heterocycles. The molecular formula is C16H15NO2. The summed E-state index contributed by atoms with van der Waals surface area (Å²) in [5, 5.41) is 3.64. The number of hydrogen-bond acceptors (Lipinski definition) is 3. The van der Waals surface area contributed by atoms with Gasteiger partial charge in [0.2, 0.25) is 6.79 Å². The van der Waals surface area contributed by atoms with Crippen molar-refractivity contribution in [1.82, 2.24) is 0 Å². The molecule has 0 radical (unpaired) electrons. The van der Waals surface area contributed by atoms with Crippen LogP contribution in [0.4, 0.5) is 5.69 Å². The minimum Gasteiger partial charge on any atom is -0.454 e. The van der Waals surface area contributed by atoms with Crippen molar-refractivity contribution in [2.45, 2.75) is 18.4 Å². The molecule has 1 aliphatic heterocycles. The van der Waals surface area contributed by atoms with E-state index in [1.165, 1.54) is 18.4 Å². The van der Waals surface area contributed by atoms with E-state index in [1.54, 1.807) is 0 Å². The van der Waals surface area contributed by atoms with Gasteiger partial charge in [-0.1, -0.05) is 30.3 Å². The smallest absolute Gasteiger partial charge is 0.231 e. The highest BCUT2D eigenvalue weighted by Gasteiger charge is 2.44. The van der Waals surface area contributed by atoms with Crippen LogP contribution in [-0.2, 0) is 5.54 Å². The second-order valence-electron chi connectivity index (χ2n) is 5.14. The van der Waals surface area contributed by atoms with Crippen LogP contribution in [0.25, 0.3) is 0 Å². The summed E-state index contributed by atoms with van der Waals surface area (Å²) in [5.74, 6) is 1.66. The Morgan fingerprint density at radius 3 is 2.47 bits per heavy atom. The zero-order valence-electron chi connectivity index (χ0n) is 10.6. The fraction of sp³-hybridized carbons (Fsp3) is 0.250. The average Bonchev–Trinajstić information content (AvgIpc) is 3.09. The summed E-state index contributed by atoms with van der Waals surface area (Å²) in [4.78, 5) is 0. The lowest BCUT2D eigenvalue weighted by Gasteiger charge is -2.19. The maximum absolute atomic E-state index is 5.42. The standard InChI is InChI=1S/C16H15NO2/c1-2-4-12(5-3-1)16(8-9-16)17-13-6-7-14-15(10-13)19-11-18-14/h1-7,10,17H,8-9,11H2. The first kappa shape index (κ1) is 10.7. The van der Waals surface area contributed by atoms with Crippen LogP contribution in [0.1, 0.15) is 18.4 Å². The van der Waals surface area contributed by atoms with Gasteiger partial charge in [0.25, 0.3) is 0 Å². The Labute approximate surface area is 112 Å². The minimum absolute atomic E-state index is 0.106. The van der Waals surface area contributed by atoms with Crippen molar-refractivity contribution < 1.29 is 9.47 Å². The molecule has 2 aromatic rings. The third-order valence-electron chi connectivity index (χ3n) is 3.83. The van der Waals surface area contributed by atoms with E-state index in [0.717, 1.165) is 17.2 Å². The highest BCUT2D eigenvalue weighted by Crippen LogP contribution is 2.49. The lowest BCUT2D eigenvalue weighted by atomic mass is 10.0. The van der Waals surface area contributed by atoms with Crippen LogP contribution in [0.3, 0.4) is 0 Å². The molecule has 1 saturated carbocycles. The molecule has 0 saturated heterocycles. The number of fused-ring (bicyclic) bond motifs is 1. The van der Waals surface area contributed by atoms with Crippen molar-refractivity contribution in [2.24, 2.45) is 0 Å². The predicted octanol–water partition coefficient (Wildman–Crippen LogP) is 3.52. The Bertz CT molecular complexity index is 605. The lowest BCUT2D eigenvalue weighted by Crippen LogP contribution is -2.18. The van der Waals surface area contributed by atoms with Gasteiger partial charge in [0.05, 0.1) is 5.54 Å². The van der Waals surface area contributed by atoms with E-state index >= 15 is 0 Å². The monoisotopic (exact) mass is 253 g/mol. The van der Waals surface area contributed by atoms with Crippen molar-refractivity contribution >= 4 is 5.69 Å². The lowest BCUT2D eigenvalue weighted by molar-refractivity contribution is 0.174. The summed E-state index contributed by atoms with van der Waals surface area (Å²) in [6.45, 7) is 0.322. The second-order valence-corrected chi connectivity index (χ2v) is 5.14. The van der Waals surface area contributed by atoms with Crippen molar-refractivity contribution in [3.05, 3.63) is 54.1 Å². The first-order valence-electron chi connectivity index (χ1n) is 6.59. The maximum Gasteiger partial charge on any atom is 0.231 e. The van der Waals surface area contributed by atoms with Crippen LogP contribution in [0, 0.1) is 0 Å². The summed E-state index contributed by atoms with van der Waals surface area (Å²) in [6, 6.07) is 16.7. The summed E-state index contributed by atoms with van der Waals surface area (Å²) in [7, 11) is 0. The third kappa shape index (κ3) is 1.82. The topological polar surface area (TPSA) is 30.5 Å². The van der Waals surface area contributed by atoms with Crippen molar-refractivity contribution in [3.63, 3.8) is 0 Å². The molecule has 96 valence electrons. The summed E-state index contributed by atoms with van der Waals surface area (Å²) >= 11 is 0. The van der Waals surface area contributed by atoms with Crippen LogP contribution >= 0.6 is 0 Å². The number of benzene rings is 2. The zero-order valence-corrected chi connectivity index (χ0v) is 10.6. The molecule has 2 aromatic carbocycles. The van der Waals surface area contributed by atoms with Gasteiger partial charge in [-0.25, -0.2) is 0 Å². The van der Waals surface area contributed by atoms with Crippen LogP contribution in [0.5, 0.6) is 11.5 Å². The average molecular weight is 253 g/mol. The minimum atomic E-state index is 0.106. The van der Waals surface area contributed by atoms with E-state index in [4.69, 9.17) is 9.47 Å². The van der Waals surface area contributed by atoms with Crippen molar-refractivity contribution in [1.29, 1.82) is 0 Å². The summed E-state index contributed by atoms with van der Waals surface area (Å²) in [6.07, 6.45) is 2.34. The van der Waals surface area contributed by atoms with Gasteiger partial charge in [-0.3, -0.25) is 0 Å². The second kappa shape index (κ2) is 3.92. The zero-order chi connectivity index (χ0) is 12.7. The van der Waals surface area contributed by atoms with Crippen LogP contribution in [0.15, 0.2) is 48.5 Å². The Hall–Kier alpha value is -2.16. The molecule has 1 fully saturated rings. The maximum atomic E-state index is 5.42. The van der Waals surface area contributed by atoms with E-state index in [2.05, 4.69) is 41.7 Å². The van der Waals surface area contributed by atoms with E-state index in [1.807, 2.05) is 12.1 Å². The number of anilines is 1. The Morgan fingerprint density at radius 2 is 1.68 bits per heavy atom. The van der Waals surface area contributed by atoms with Gasteiger partial charge in [-0.2, -0.15) is 0 Å². The number of nitrogens with one attached hydrogen (secondary N) is 1. The Balaban J connectivity index is 1.62. The molecule has 0 bridgehead atoms. The molecule has 1 N–H and O–H groups in total. The van der Waals surface area contributed by atoms with E-state index < -0.39 is 0 Å². The molecule has 1 aliphatic carbocycles. The molecule has 19 heavy (non-hydrogen) atoms. The third-order valence-corrected chi connectivity index (χ3v) is 3.83. The summed E-state index contributed by atoms with van der Waals surface area (Å²) in [5.41, 5.74) is 2.55. The number of rotatable bonds is 3. The first-order valence-corrected chi connectivity index (χ1v) is 6.59. The molecule has 1 heterocycles. The molecule has 0 unspecified atom stereocenters. The SMILES string of the molecule is c1ccc(C2(Nc3ccc4c(c3)OCO4)CC2)cc1. The fourth-order valence-electron chi connectivity index (χ4n) is 2.62. The van der Waals surface area contributed by atoms with Gasteiger partial charge in [-0.15, -0.1) is 0 Å². The van der Waals surface area contributed by atoms with Crippen LogP contribution in [0.2, 0.25) is 0 Å². The molecule has 2 aliphatic rings. The van der Waals surface area contributed by atoms with Gasteiger partial charge in [0.15, 0.2) is 11.5 Å². The highest BCUT2D eigenvalue weighted by atomic mass is 16.7. The van der Waals surface area contributed by atoms with Crippen LogP contribution in [-0.4, -0.2) is 6.79 Å². The van der Waals surface area contributed by atoms with Crippen LogP contribution < -0.4 is 14.8 Å². The van der Waals surface area contributed by atoms with Gasteiger partial charge in [-0.05, 0) is 30.5 Å². The predicted molar refractivity (Wildman–Crippen MR) is 73.5 cm³/mol. The molecule has 0 atom stereocenters. The van der Waals surface area contributed by atoms with Gasteiger partial charge in [0.1, 0.15) is 0 Å². The first-order chi connectivity index (χ1) is 9.36. The normalized spacial score (nSPS) is 18.1. The molecular weight excluding hydrogens is 238 g/mol. The van der Waals surface area contributed by atoms with E-state index in [9.17, 15) is 0 Å². The van der Waals surface area contributed by atoms with Gasteiger partial charge in [0, 0.05) is 11.8 Å². The Kier molecular flexibility index (Phi) is 2.21. The molecule has 4 rings (SSSR count). The van der Waals surface area contributed by atoms with Gasteiger partial charge >= 0.3 is 0 Å². The highest BCUT2D eigenvalue weighted by molar-refractivity contribution is 5.58. The van der Waals surface area contributed by atoms with Gasteiger partial charge < -0.3 is 14.8 Å². The number of hydrogen-bond donors (Lipinski definition) is 1. The molecule has 3 heteroatoms. The Morgan fingerprint density at radius 1 is 0.895 bits per heavy atom.